The number of rotatable bonds is 4. The second-order valence-electron chi connectivity index (χ2n) is 7.54. The number of amides is 4. The van der Waals surface area contributed by atoms with Gasteiger partial charge in [0.25, 0.3) is 5.91 Å². The van der Waals surface area contributed by atoms with E-state index in [2.05, 4.69) is 5.32 Å². The van der Waals surface area contributed by atoms with Gasteiger partial charge in [0.05, 0.1) is 23.2 Å². The van der Waals surface area contributed by atoms with Gasteiger partial charge < -0.3 is 10.1 Å². The fraction of sp³-hybridized carbons (Fsp3) is 0.381. The van der Waals surface area contributed by atoms with Crippen molar-refractivity contribution in [3.05, 3.63) is 36.4 Å². The molecule has 2 aliphatic heterocycles. The third kappa shape index (κ3) is 3.47. The highest BCUT2D eigenvalue weighted by Gasteiger charge is 2.48. The van der Waals surface area contributed by atoms with E-state index in [4.69, 9.17) is 4.74 Å². The van der Waals surface area contributed by atoms with E-state index in [9.17, 15) is 24.0 Å². The van der Waals surface area contributed by atoms with E-state index >= 15 is 0 Å². The van der Waals surface area contributed by atoms with Crippen LogP contribution in [0.25, 0.3) is 0 Å². The van der Waals surface area contributed by atoms with Gasteiger partial charge in [-0.05, 0) is 31.9 Å². The first kappa shape index (κ1) is 19.8. The number of benzene rings is 1. The van der Waals surface area contributed by atoms with Crippen LogP contribution < -0.4 is 10.2 Å². The van der Waals surface area contributed by atoms with Crippen LogP contribution in [0.5, 0.6) is 0 Å². The Kier molecular flexibility index (Phi) is 5.11. The molecule has 0 radical (unpaired) electrons. The average Bonchev–Trinajstić information content (AvgIpc) is 2.97. The van der Waals surface area contributed by atoms with Crippen molar-refractivity contribution in [3.63, 3.8) is 0 Å². The molecule has 1 aromatic carbocycles. The molecule has 0 bridgehead atoms. The van der Waals surface area contributed by atoms with Gasteiger partial charge in [-0.2, -0.15) is 0 Å². The second kappa shape index (κ2) is 7.74. The lowest BCUT2D eigenvalue weighted by atomic mass is 9.85. The van der Waals surface area contributed by atoms with Gasteiger partial charge in [-0.3, -0.25) is 33.8 Å². The molecular formula is C21H21N3O6. The van der Waals surface area contributed by atoms with Crippen molar-refractivity contribution in [2.75, 3.05) is 23.3 Å². The molecule has 4 rings (SSSR count). The molecule has 1 saturated heterocycles. The van der Waals surface area contributed by atoms with E-state index in [0.717, 1.165) is 4.90 Å². The highest BCUT2D eigenvalue weighted by molar-refractivity contribution is 6.11. The summed E-state index contributed by atoms with van der Waals surface area (Å²) in [6.45, 7) is 0.670. The molecule has 30 heavy (non-hydrogen) atoms. The molecule has 3 atom stereocenters. The summed E-state index contributed by atoms with van der Waals surface area (Å²) in [4.78, 5) is 64.2. The monoisotopic (exact) mass is 411 g/mol. The molecule has 0 saturated carbocycles. The highest BCUT2D eigenvalue weighted by atomic mass is 16.5. The minimum absolute atomic E-state index is 0.197. The predicted octanol–water partition coefficient (Wildman–Crippen LogP) is 0.855. The molecule has 1 fully saturated rings. The molecule has 0 spiro atoms. The van der Waals surface area contributed by atoms with Gasteiger partial charge in [0.2, 0.25) is 17.7 Å². The summed E-state index contributed by atoms with van der Waals surface area (Å²) in [7, 11) is 0. The zero-order valence-corrected chi connectivity index (χ0v) is 16.4. The number of ether oxygens (including phenoxy) is 1. The van der Waals surface area contributed by atoms with E-state index < -0.39 is 36.4 Å². The zero-order chi connectivity index (χ0) is 21.4. The normalized spacial score (nSPS) is 23.6. The molecular weight excluding hydrogens is 390 g/mol. The van der Waals surface area contributed by atoms with Gasteiger partial charge in [0, 0.05) is 0 Å². The summed E-state index contributed by atoms with van der Waals surface area (Å²) in [6, 6.07) is 6.81. The van der Waals surface area contributed by atoms with Crippen LogP contribution in [0.15, 0.2) is 36.4 Å². The molecule has 4 amide bonds. The minimum atomic E-state index is -1.19. The van der Waals surface area contributed by atoms with Crippen molar-refractivity contribution in [2.45, 2.75) is 25.9 Å². The van der Waals surface area contributed by atoms with Gasteiger partial charge in [0.15, 0.2) is 6.10 Å². The van der Waals surface area contributed by atoms with E-state index in [1.807, 2.05) is 12.2 Å². The fourth-order valence-electron chi connectivity index (χ4n) is 4.09. The Hall–Kier alpha value is -3.49. The second-order valence-corrected chi connectivity index (χ2v) is 7.54. The molecule has 3 aliphatic rings. The quantitative estimate of drug-likeness (QED) is 0.447. The Morgan fingerprint density at radius 3 is 2.40 bits per heavy atom. The lowest BCUT2D eigenvalue weighted by Gasteiger charge is -2.30. The molecule has 0 aromatic heterocycles. The topological polar surface area (TPSA) is 113 Å². The van der Waals surface area contributed by atoms with Crippen molar-refractivity contribution in [1.82, 2.24) is 4.90 Å². The standard InChI is InChI=1S/C21H21N3O6/c1-12(19(27)23-10-17(25)22-15-8-4-5-9-16(15)23)30-18(26)11-24-20(28)13-6-2-3-7-14(13)21(24)29/h2-5,8-9,12-14H,6-7,10-11H2,1H3,(H,22,25)/t12-,13-,14-/m0/s1. The predicted molar refractivity (Wildman–Crippen MR) is 105 cm³/mol. The molecule has 0 unspecified atom stereocenters. The Labute approximate surface area is 172 Å². The number of fused-ring (bicyclic) bond motifs is 2. The number of carbonyl (C=O) groups is 5. The maximum Gasteiger partial charge on any atom is 0.326 e. The van der Waals surface area contributed by atoms with Crippen LogP contribution in [-0.4, -0.2) is 53.7 Å². The summed E-state index contributed by atoms with van der Waals surface area (Å²) >= 11 is 0. The Bertz CT molecular complexity index is 945. The number of likely N-dealkylation sites (tertiary alicyclic amines) is 1. The molecule has 9 heteroatoms. The number of hydrogen-bond acceptors (Lipinski definition) is 6. The van der Waals surface area contributed by atoms with Gasteiger partial charge >= 0.3 is 5.97 Å². The van der Waals surface area contributed by atoms with Crippen LogP contribution in [0.1, 0.15) is 19.8 Å². The molecule has 1 aliphatic carbocycles. The highest BCUT2D eigenvalue weighted by Crippen LogP contribution is 2.35. The molecule has 1 aromatic rings. The van der Waals surface area contributed by atoms with E-state index in [1.165, 1.54) is 11.8 Å². The third-order valence-corrected chi connectivity index (χ3v) is 5.58. The Morgan fingerprint density at radius 1 is 1.10 bits per heavy atom. The molecule has 1 N–H and O–H groups in total. The molecule has 2 heterocycles. The van der Waals surface area contributed by atoms with Crippen LogP contribution in [0.2, 0.25) is 0 Å². The van der Waals surface area contributed by atoms with E-state index in [-0.39, 0.29) is 24.3 Å². The molecule has 156 valence electrons. The summed E-state index contributed by atoms with van der Waals surface area (Å²) in [5.41, 5.74) is 0.997. The molecule has 9 nitrogen and oxygen atoms in total. The van der Waals surface area contributed by atoms with Gasteiger partial charge in [-0.25, -0.2) is 0 Å². The third-order valence-electron chi connectivity index (χ3n) is 5.58. The number of carbonyl (C=O) groups excluding carboxylic acids is 5. The minimum Gasteiger partial charge on any atom is -0.451 e. The van der Waals surface area contributed by atoms with Crippen LogP contribution in [0.4, 0.5) is 11.4 Å². The number of anilines is 2. The first-order valence-corrected chi connectivity index (χ1v) is 9.76. The summed E-state index contributed by atoms with van der Waals surface area (Å²) < 4.78 is 5.20. The van der Waals surface area contributed by atoms with E-state index in [1.54, 1.807) is 24.3 Å². The van der Waals surface area contributed by atoms with Crippen LogP contribution in [-0.2, 0) is 28.7 Å². The Balaban J connectivity index is 1.41. The number of nitrogens with zero attached hydrogens (tertiary/aromatic N) is 2. The van der Waals surface area contributed by atoms with Crippen molar-refractivity contribution in [2.24, 2.45) is 11.8 Å². The number of imide groups is 1. The number of para-hydroxylation sites is 2. The van der Waals surface area contributed by atoms with Crippen LogP contribution in [0.3, 0.4) is 0 Å². The lowest BCUT2D eigenvalue weighted by molar-refractivity contribution is -0.159. The largest absolute Gasteiger partial charge is 0.451 e. The van der Waals surface area contributed by atoms with Crippen molar-refractivity contribution < 1.29 is 28.7 Å². The summed E-state index contributed by atoms with van der Waals surface area (Å²) in [5, 5.41) is 2.68. The van der Waals surface area contributed by atoms with Gasteiger partial charge in [-0.1, -0.05) is 24.3 Å². The van der Waals surface area contributed by atoms with Crippen molar-refractivity contribution >= 4 is 41.0 Å². The Morgan fingerprint density at radius 2 is 1.73 bits per heavy atom. The number of esters is 1. The summed E-state index contributed by atoms with van der Waals surface area (Å²) in [6.07, 6.45) is 3.49. The van der Waals surface area contributed by atoms with Crippen LogP contribution >= 0.6 is 0 Å². The first-order valence-electron chi connectivity index (χ1n) is 9.76. The maximum atomic E-state index is 12.8. The number of nitrogens with one attached hydrogen (secondary N) is 1. The zero-order valence-electron chi connectivity index (χ0n) is 16.4. The smallest absolute Gasteiger partial charge is 0.326 e. The average molecular weight is 411 g/mol. The number of allylic oxidation sites excluding steroid dienone is 2. The summed E-state index contributed by atoms with van der Waals surface area (Å²) in [5.74, 6) is -3.40. The maximum absolute atomic E-state index is 12.8. The van der Waals surface area contributed by atoms with Crippen LogP contribution in [0, 0.1) is 11.8 Å². The van der Waals surface area contributed by atoms with Gasteiger partial charge in [0.1, 0.15) is 13.1 Å². The number of hydrogen-bond donors (Lipinski definition) is 1. The fourth-order valence-corrected chi connectivity index (χ4v) is 4.09. The van der Waals surface area contributed by atoms with Crippen molar-refractivity contribution in [3.8, 4) is 0 Å². The lowest BCUT2D eigenvalue weighted by Crippen LogP contribution is -2.47. The van der Waals surface area contributed by atoms with Crippen molar-refractivity contribution in [1.29, 1.82) is 0 Å². The van der Waals surface area contributed by atoms with Gasteiger partial charge in [-0.15, -0.1) is 0 Å². The van der Waals surface area contributed by atoms with E-state index in [0.29, 0.717) is 24.2 Å². The SMILES string of the molecule is C[C@H](OC(=O)CN1C(=O)[C@H]2CC=CC[C@@H]2C1=O)C(=O)N1CC(=O)Nc2ccccc21. The first-order chi connectivity index (χ1) is 14.4.